The van der Waals surface area contributed by atoms with Gasteiger partial charge in [0, 0.05) is 5.41 Å². The molecule has 0 spiro atoms. The summed E-state index contributed by atoms with van der Waals surface area (Å²) in [6.45, 7) is 8.09. The number of aliphatic hydroxyl groups is 2. The number of rotatable bonds is 1. The van der Waals surface area contributed by atoms with Gasteiger partial charge in [0.25, 0.3) is 0 Å². The van der Waals surface area contributed by atoms with Crippen LogP contribution in [0.1, 0.15) is 43.3 Å². The van der Waals surface area contributed by atoms with Gasteiger partial charge in [0.2, 0.25) is 0 Å². The van der Waals surface area contributed by atoms with E-state index in [1.54, 1.807) is 0 Å². The first-order chi connectivity index (χ1) is 8.65. The fourth-order valence-electron chi connectivity index (χ4n) is 3.79. The van der Waals surface area contributed by atoms with Gasteiger partial charge in [-0.3, -0.25) is 0 Å². The van der Waals surface area contributed by atoms with Crippen molar-refractivity contribution in [2.24, 2.45) is 16.7 Å². The van der Waals surface area contributed by atoms with Crippen molar-refractivity contribution < 1.29 is 13.0 Å². The minimum Gasteiger partial charge on any atom is -0.395 e. The summed E-state index contributed by atoms with van der Waals surface area (Å²) in [6.07, 6.45) is 0.734. The smallest absolute Gasteiger partial charge is 0.0767 e. The molecule has 0 radical (unpaired) electrons. The Kier molecular flexibility index (Phi) is 2.25. The van der Waals surface area contributed by atoms with Crippen LogP contribution in [0.4, 0.5) is 0 Å². The summed E-state index contributed by atoms with van der Waals surface area (Å²) in [4.78, 5) is 0. The third-order valence-electron chi connectivity index (χ3n) is 4.39. The molecule has 2 aliphatic rings. The summed E-state index contributed by atoms with van der Waals surface area (Å²) in [5.41, 5.74) is 1.74. The second-order valence-corrected chi connectivity index (χ2v) is 6.50. The van der Waals surface area contributed by atoms with E-state index >= 15 is 0 Å². The van der Waals surface area contributed by atoms with E-state index in [1.807, 2.05) is 13.8 Å². The Morgan fingerprint density at radius 1 is 1.53 bits per heavy atom. The Balaban J connectivity index is 2.70. The number of allylic oxidation sites excluding steroid dienone is 1. The van der Waals surface area contributed by atoms with Crippen LogP contribution in [-0.4, -0.2) is 22.9 Å². The molecule has 0 saturated carbocycles. The lowest BCUT2D eigenvalue weighted by atomic mass is 9.72. The molecular weight excluding hydrogens is 212 g/mol. The highest BCUT2D eigenvalue weighted by atomic mass is 16.3. The normalized spacial score (nSPS) is 46.6. The van der Waals surface area contributed by atoms with Crippen molar-refractivity contribution in [3.8, 4) is 0 Å². The van der Waals surface area contributed by atoms with Crippen LogP contribution in [0.3, 0.4) is 0 Å². The Morgan fingerprint density at radius 2 is 2.18 bits per heavy atom. The molecule has 2 aliphatic carbocycles. The number of aliphatic hydroxyl groups excluding tert-OH is 2. The molecule has 2 heteroatoms. The minimum absolute atomic E-state index is 0.0956. The Hall–Kier alpha value is -0.600. The lowest BCUT2D eigenvalue weighted by Gasteiger charge is -2.35. The first kappa shape index (κ1) is 10.3. The number of hydrogen-bond acceptors (Lipinski definition) is 2. The fourth-order valence-corrected chi connectivity index (χ4v) is 3.79. The van der Waals surface area contributed by atoms with Crippen molar-refractivity contribution in [2.45, 2.75) is 46.6 Å². The molecule has 1 unspecified atom stereocenters. The maximum absolute atomic E-state index is 10.4. The highest BCUT2D eigenvalue weighted by molar-refractivity contribution is 5.50. The molecule has 0 aromatic heterocycles. The lowest BCUT2D eigenvalue weighted by Crippen LogP contribution is -2.29. The van der Waals surface area contributed by atoms with Crippen LogP contribution < -0.4 is 0 Å². The van der Waals surface area contributed by atoms with E-state index in [0.29, 0.717) is 12.8 Å². The molecule has 0 bridgehead atoms. The van der Waals surface area contributed by atoms with E-state index in [0.717, 1.165) is 16.7 Å². The zero-order chi connectivity index (χ0) is 14.6. The molecule has 0 aromatic carbocycles. The van der Waals surface area contributed by atoms with Gasteiger partial charge in [0.15, 0.2) is 0 Å². The first-order valence-corrected chi connectivity index (χ1v) is 6.27. The zero-order valence-corrected chi connectivity index (χ0v) is 11.1. The molecule has 0 aliphatic heterocycles. The highest BCUT2D eigenvalue weighted by Gasteiger charge is 2.51. The van der Waals surface area contributed by atoms with E-state index in [-0.39, 0.29) is 11.3 Å². The monoisotopic (exact) mass is 238 g/mol. The third kappa shape index (κ3) is 1.69. The molecule has 0 saturated heterocycles. The first-order valence-electron chi connectivity index (χ1n) is 7.43. The fraction of sp³-hybridized carbons (Fsp3) is 0.733. The van der Waals surface area contributed by atoms with Crippen LogP contribution in [0.2, 0.25) is 0 Å². The topological polar surface area (TPSA) is 40.5 Å². The van der Waals surface area contributed by atoms with E-state index in [2.05, 4.69) is 13.8 Å². The molecule has 0 amide bonds. The van der Waals surface area contributed by atoms with Gasteiger partial charge in [-0.15, -0.1) is 0 Å². The maximum atomic E-state index is 10.4. The van der Waals surface area contributed by atoms with Gasteiger partial charge >= 0.3 is 0 Å². The Labute approximate surface area is 107 Å². The van der Waals surface area contributed by atoms with Gasteiger partial charge in [0.1, 0.15) is 0 Å². The third-order valence-corrected chi connectivity index (χ3v) is 4.39. The standard InChI is InChI=1S/C15H24O2/c1-9-6-11(17)13-12(10(9)2)15(5,8-16)7-14(13,3)4/h9,11,16-17H,2,6-8H2,1,3-5H3/t9-,11+,15-/m1/s1/i2D,8D/t8?,9-,11+,15-. The van der Waals surface area contributed by atoms with Crippen molar-refractivity contribution in [1.82, 2.24) is 0 Å². The molecule has 96 valence electrons. The molecule has 2 N–H and O–H groups in total. The second-order valence-electron chi connectivity index (χ2n) is 6.50. The summed E-state index contributed by atoms with van der Waals surface area (Å²) < 4.78 is 15.5. The van der Waals surface area contributed by atoms with E-state index in [9.17, 15) is 10.2 Å². The van der Waals surface area contributed by atoms with Crippen molar-refractivity contribution in [3.05, 3.63) is 23.3 Å². The van der Waals surface area contributed by atoms with Crippen molar-refractivity contribution in [3.63, 3.8) is 0 Å². The van der Waals surface area contributed by atoms with Crippen LogP contribution in [0.5, 0.6) is 0 Å². The molecule has 4 atom stereocenters. The van der Waals surface area contributed by atoms with E-state index in [1.165, 1.54) is 6.55 Å². The Bertz CT molecular complexity index is 451. The SMILES string of the molecule is [2H]C=C1C2=C([C@@H](O)C[C@H]1C)C(C)(C)C[C@]2(C)C([2H])O. The Morgan fingerprint density at radius 3 is 2.71 bits per heavy atom. The van der Waals surface area contributed by atoms with Gasteiger partial charge in [-0.1, -0.05) is 34.2 Å². The lowest BCUT2D eigenvalue weighted by molar-refractivity contribution is 0.145. The summed E-state index contributed by atoms with van der Waals surface area (Å²) in [6, 6.07) is 0. The maximum Gasteiger partial charge on any atom is 0.0767 e. The van der Waals surface area contributed by atoms with Crippen molar-refractivity contribution in [1.29, 1.82) is 0 Å². The highest BCUT2D eigenvalue weighted by Crippen LogP contribution is 2.59. The largest absolute Gasteiger partial charge is 0.395 e. The van der Waals surface area contributed by atoms with Crippen LogP contribution >= 0.6 is 0 Å². The van der Waals surface area contributed by atoms with Crippen molar-refractivity contribution >= 4 is 0 Å². The quantitative estimate of drug-likeness (QED) is 0.737. The molecule has 0 fully saturated rings. The van der Waals surface area contributed by atoms with E-state index in [4.69, 9.17) is 2.74 Å². The molecule has 0 heterocycles. The number of hydrogen-bond donors (Lipinski definition) is 2. The van der Waals surface area contributed by atoms with Crippen LogP contribution in [0, 0.1) is 16.7 Å². The summed E-state index contributed by atoms with van der Waals surface area (Å²) in [5.74, 6) is 0.0956. The molecule has 0 aromatic rings. The molecule has 17 heavy (non-hydrogen) atoms. The second kappa shape index (κ2) is 3.69. The average Bonchev–Trinajstić information content (AvgIpc) is 2.48. The summed E-state index contributed by atoms with van der Waals surface area (Å²) in [5, 5.41) is 20.4. The van der Waals surface area contributed by atoms with Gasteiger partial charge in [-0.2, -0.15) is 0 Å². The zero-order valence-electron chi connectivity index (χ0n) is 13.1. The predicted molar refractivity (Wildman–Crippen MR) is 69.5 cm³/mol. The summed E-state index contributed by atoms with van der Waals surface area (Å²) in [7, 11) is 0. The van der Waals surface area contributed by atoms with Gasteiger partial charge < -0.3 is 10.2 Å². The van der Waals surface area contributed by atoms with Crippen molar-refractivity contribution in [2.75, 3.05) is 6.58 Å². The van der Waals surface area contributed by atoms with Crippen LogP contribution in [0.25, 0.3) is 0 Å². The van der Waals surface area contributed by atoms with Crippen LogP contribution in [-0.2, 0) is 0 Å². The van der Waals surface area contributed by atoms with Gasteiger partial charge in [-0.05, 0) is 40.9 Å². The van der Waals surface area contributed by atoms with Gasteiger partial charge in [-0.25, -0.2) is 0 Å². The van der Waals surface area contributed by atoms with Crippen LogP contribution in [0.15, 0.2) is 23.3 Å². The molecule has 2 rings (SSSR count). The van der Waals surface area contributed by atoms with E-state index < -0.39 is 18.1 Å². The predicted octanol–water partition coefficient (Wildman–Crippen LogP) is 2.67. The molecular formula is C15H24O2. The summed E-state index contributed by atoms with van der Waals surface area (Å²) >= 11 is 0. The minimum atomic E-state index is -1.23. The average molecular weight is 238 g/mol. The van der Waals surface area contributed by atoms with Gasteiger partial charge in [0.05, 0.1) is 15.4 Å². The molecule has 2 nitrogen and oxygen atoms in total.